The molecule has 0 unspecified atom stereocenters. The molecule has 6 rings (SSSR count). The molecule has 0 radical (unpaired) electrons. The zero-order valence-electron chi connectivity index (χ0n) is 22.9. The van der Waals surface area contributed by atoms with Crippen LogP contribution >= 0.6 is 0 Å². The first-order chi connectivity index (χ1) is 19.5. The van der Waals surface area contributed by atoms with Crippen LogP contribution in [0.3, 0.4) is 0 Å². The molecule has 0 aliphatic carbocycles. The molecule has 0 spiro atoms. The zero-order chi connectivity index (χ0) is 28.7. The summed E-state index contributed by atoms with van der Waals surface area (Å²) < 4.78 is 21.6. The highest BCUT2D eigenvalue weighted by molar-refractivity contribution is 6.62. The summed E-state index contributed by atoms with van der Waals surface area (Å²) in [4.78, 5) is 0. The molecule has 6 N–H and O–H groups in total. The van der Waals surface area contributed by atoms with E-state index in [4.69, 9.17) is 30.2 Å². The minimum atomic E-state index is -0.829. The Morgan fingerprint density at radius 3 is 1.60 bits per heavy atom. The van der Waals surface area contributed by atoms with Crippen LogP contribution in [0.15, 0.2) is 97.1 Å². The highest BCUT2D eigenvalue weighted by Crippen LogP contribution is 2.24. The smallest absolute Gasteiger partial charge is 0.457 e. The van der Waals surface area contributed by atoms with Crippen molar-refractivity contribution in [3.8, 4) is 23.0 Å². The van der Waals surface area contributed by atoms with Gasteiger partial charge in [0.25, 0.3) is 0 Å². The normalized spacial score (nSPS) is 12.4. The van der Waals surface area contributed by atoms with Crippen LogP contribution in [0, 0.1) is 0 Å². The van der Waals surface area contributed by atoms with E-state index >= 15 is 0 Å². The molecule has 2 aliphatic rings. The SMILES string of the molecule is CCN.CCN.OB1OCc2cc(Oc3ccccc3)ccc21.OB1OCc2ccc(Oc3ccccc3)cc21. The average Bonchev–Trinajstić information content (AvgIpc) is 3.53. The third-order valence-electron chi connectivity index (χ3n) is 5.52. The molecule has 0 aromatic heterocycles. The number of fused-ring (bicyclic) bond motifs is 2. The molecule has 0 saturated heterocycles. The van der Waals surface area contributed by atoms with Crippen molar-refractivity contribution in [3.05, 3.63) is 108 Å². The van der Waals surface area contributed by atoms with Gasteiger partial charge in [-0.25, -0.2) is 0 Å². The summed E-state index contributed by atoms with van der Waals surface area (Å²) in [5.41, 5.74) is 13.3. The van der Waals surface area contributed by atoms with Crippen molar-refractivity contribution >= 4 is 25.2 Å². The number of rotatable bonds is 4. The van der Waals surface area contributed by atoms with Gasteiger partial charge in [-0.05, 0) is 83.7 Å². The van der Waals surface area contributed by atoms with Gasteiger partial charge in [-0.2, -0.15) is 0 Å². The van der Waals surface area contributed by atoms with Crippen LogP contribution in [0.1, 0.15) is 25.0 Å². The second kappa shape index (κ2) is 16.5. The number of hydrogen-bond donors (Lipinski definition) is 4. The fraction of sp³-hybridized carbons (Fsp3) is 0.200. The molecule has 0 atom stereocenters. The minimum absolute atomic E-state index is 0.433. The van der Waals surface area contributed by atoms with Crippen molar-refractivity contribution in [1.82, 2.24) is 0 Å². The Balaban J connectivity index is 0.000000185. The Labute approximate surface area is 236 Å². The van der Waals surface area contributed by atoms with Gasteiger partial charge in [0.1, 0.15) is 23.0 Å². The first-order valence-corrected chi connectivity index (χ1v) is 13.2. The van der Waals surface area contributed by atoms with E-state index in [9.17, 15) is 10.0 Å². The van der Waals surface area contributed by atoms with E-state index in [1.54, 1.807) is 0 Å². The van der Waals surface area contributed by atoms with E-state index < -0.39 is 14.2 Å². The molecular formula is C30H36B2N2O6. The Morgan fingerprint density at radius 1 is 0.600 bits per heavy atom. The monoisotopic (exact) mass is 542 g/mol. The topological polar surface area (TPSA) is 129 Å². The van der Waals surface area contributed by atoms with Gasteiger partial charge in [-0.15, -0.1) is 0 Å². The lowest BCUT2D eigenvalue weighted by Gasteiger charge is -2.07. The van der Waals surface area contributed by atoms with Crippen LogP contribution in [-0.2, 0) is 22.5 Å². The molecule has 0 amide bonds. The van der Waals surface area contributed by atoms with Crippen molar-refractivity contribution in [2.75, 3.05) is 13.1 Å². The molecule has 0 bridgehead atoms. The lowest BCUT2D eigenvalue weighted by Crippen LogP contribution is -2.27. The highest BCUT2D eigenvalue weighted by atomic mass is 16.5. The van der Waals surface area contributed by atoms with Gasteiger partial charge >= 0.3 is 14.2 Å². The molecule has 0 saturated carbocycles. The van der Waals surface area contributed by atoms with Gasteiger partial charge in [-0.1, -0.05) is 62.4 Å². The van der Waals surface area contributed by atoms with Crippen LogP contribution in [0.4, 0.5) is 0 Å². The summed E-state index contributed by atoms with van der Waals surface area (Å²) in [6.45, 7) is 6.20. The van der Waals surface area contributed by atoms with Crippen LogP contribution in [-0.4, -0.2) is 37.4 Å². The Bertz CT molecular complexity index is 1300. The molecule has 10 heteroatoms. The van der Waals surface area contributed by atoms with E-state index in [0.29, 0.717) is 19.0 Å². The van der Waals surface area contributed by atoms with Gasteiger partial charge in [0.2, 0.25) is 0 Å². The quantitative estimate of drug-likeness (QED) is 0.289. The molecular weight excluding hydrogens is 506 g/mol. The lowest BCUT2D eigenvalue weighted by atomic mass is 9.79. The summed E-state index contributed by atoms with van der Waals surface area (Å²) in [5, 5.41) is 19.1. The van der Waals surface area contributed by atoms with Crippen molar-refractivity contribution in [2.24, 2.45) is 11.5 Å². The first-order valence-electron chi connectivity index (χ1n) is 13.2. The molecule has 0 fully saturated rings. The van der Waals surface area contributed by atoms with Crippen LogP contribution < -0.4 is 31.9 Å². The number of hydrogen-bond acceptors (Lipinski definition) is 8. The summed E-state index contributed by atoms with van der Waals surface area (Å²) in [5.74, 6) is 3.04. The maximum Gasteiger partial charge on any atom is 0.491 e. The predicted octanol–water partition coefficient (Wildman–Crippen LogP) is 3.32. The third kappa shape index (κ3) is 9.24. The standard InChI is InChI=1S/2C13H11BO3.2C2H7N/c15-14-13-7-6-12(8-10(13)9-16-14)17-11-4-2-1-3-5-11;15-14-13-8-12(7-6-10(13)9-16-14)17-11-4-2-1-3-5-11;2*1-2-3/h2*1-8,15H,9H2;2*2-3H2,1H3. The van der Waals surface area contributed by atoms with Crippen LogP contribution in [0.5, 0.6) is 23.0 Å². The largest absolute Gasteiger partial charge is 0.491 e. The minimum Gasteiger partial charge on any atom is -0.457 e. The zero-order valence-corrected chi connectivity index (χ0v) is 22.9. The van der Waals surface area contributed by atoms with Crippen LogP contribution in [0.25, 0.3) is 0 Å². The summed E-state index contributed by atoms with van der Waals surface area (Å²) in [6.07, 6.45) is 0. The van der Waals surface area contributed by atoms with E-state index in [1.807, 2.05) is 111 Å². The second-order valence-corrected chi connectivity index (χ2v) is 8.69. The fourth-order valence-corrected chi connectivity index (χ4v) is 3.78. The van der Waals surface area contributed by atoms with E-state index in [2.05, 4.69) is 0 Å². The van der Waals surface area contributed by atoms with Crippen LogP contribution in [0.2, 0.25) is 0 Å². The Morgan fingerprint density at radius 2 is 1.05 bits per heavy atom. The molecule has 2 heterocycles. The highest BCUT2D eigenvalue weighted by Gasteiger charge is 2.28. The van der Waals surface area contributed by atoms with Gasteiger partial charge in [0.15, 0.2) is 0 Å². The molecule has 208 valence electrons. The van der Waals surface area contributed by atoms with Crippen molar-refractivity contribution in [2.45, 2.75) is 27.1 Å². The summed E-state index contributed by atoms with van der Waals surface area (Å²) in [7, 11) is -1.62. The lowest BCUT2D eigenvalue weighted by molar-refractivity contribution is 0.275. The van der Waals surface area contributed by atoms with Crippen molar-refractivity contribution < 1.29 is 28.8 Å². The van der Waals surface area contributed by atoms with Crippen molar-refractivity contribution in [1.29, 1.82) is 0 Å². The maximum absolute atomic E-state index is 9.59. The van der Waals surface area contributed by atoms with Crippen molar-refractivity contribution in [3.63, 3.8) is 0 Å². The molecule has 2 aliphatic heterocycles. The van der Waals surface area contributed by atoms with Gasteiger partial charge in [0, 0.05) is 0 Å². The number of ether oxygens (including phenoxy) is 2. The molecule has 8 nitrogen and oxygen atoms in total. The maximum atomic E-state index is 9.59. The number of nitrogens with two attached hydrogens (primary N) is 2. The first kappa shape index (κ1) is 30.9. The van der Waals surface area contributed by atoms with E-state index in [0.717, 1.165) is 52.4 Å². The van der Waals surface area contributed by atoms with Gasteiger partial charge < -0.3 is 40.3 Å². The van der Waals surface area contributed by atoms with E-state index in [1.165, 1.54) is 0 Å². The average molecular weight is 542 g/mol. The fourth-order valence-electron chi connectivity index (χ4n) is 3.78. The summed E-state index contributed by atoms with van der Waals surface area (Å²) in [6, 6.07) is 30.3. The number of benzene rings is 4. The van der Waals surface area contributed by atoms with E-state index in [-0.39, 0.29) is 0 Å². The van der Waals surface area contributed by atoms with Gasteiger partial charge in [-0.3, -0.25) is 0 Å². The Kier molecular flexibility index (Phi) is 12.7. The third-order valence-corrected chi connectivity index (χ3v) is 5.52. The molecule has 40 heavy (non-hydrogen) atoms. The second-order valence-electron chi connectivity index (χ2n) is 8.69. The predicted molar refractivity (Wildman–Crippen MR) is 160 cm³/mol. The molecule has 4 aromatic rings. The number of para-hydroxylation sites is 2. The van der Waals surface area contributed by atoms with Gasteiger partial charge in [0.05, 0.1) is 13.2 Å². The Hall–Kier alpha value is -3.63. The summed E-state index contributed by atoms with van der Waals surface area (Å²) >= 11 is 0. The molecule has 4 aromatic carbocycles.